The zero-order valence-corrected chi connectivity index (χ0v) is 21.7. The topological polar surface area (TPSA) is 65.5 Å². The van der Waals surface area contributed by atoms with Gasteiger partial charge in [-0.15, -0.1) is 11.3 Å². The van der Waals surface area contributed by atoms with Crippen LogP contribution in [-0.2, 0) is 9.84 Å². The Bertz CT molecular complexity index is 1550. The molecule has 0 aliphatic carbocycles. The molecule has 3 aromatic rings. The van der Waals surface area contributed by atoms with Crippen molar-refractivity contribution in [1.29, 1.82) is 5.26 Å². The lowest BCUT2D eigenvalue weighted by molar-refractivity contribution is 0.604. The van der Waals surface area contributed by atoms with Gasteiger partial charge in [-0.25, -0.2) is 18.5 Å². The predicted octanol–water partition coefficient (Wildman–Crippen LogP) is 7.14. The number of rotatable bonds is 7. The molecule has 2 aromatic carbocycles. The smallest absolute Gasteiger partial charge is 0.270 e. The van der Waals surface area contributed by atoms with Gasteiger partial charge in [0.25, 0.3) is 5.70 Å². The Morgan fingerprint density at radius 3 is 2.50 bits per heavy atom. The van der Waals surface area contributed by atoms with Gasteiger partial charge >= 0.3 is 0 Å². The Balaban J connectivity index is 1.61. The average Bonchev–Trinajstić information content (AvgIpc) is 3.43. The Morgan fingerprint density at radius 2 is 1.81 bits per heavy atom. The van der Waals surface area contributed by atoms with Crippen molar-refractivity contribution >= 4 is 50.7 Å². The quantitative estimate of drug-likeness (QED) is 0.250. The normalized spacial score (nSPS) is 16.5. The number of nitriles is 1. The number of nitrogens with zero attached hydrogens (tertiary/aromatic N) is 3. The maximum Gasteiger partial charge on any atom is 0.270 e. The van der Waals surface area contributed by atoms with E-state index in [9.17, 15) is 13.7 Å². The molecule has 1 aliphatic rings. The second-order valence-electron chi connectivity index (χ2n) is 8.40. The zero-order valence-electron chi connectivity index (χ0n) is 20.1. The van der Waals surface area contributed by atoms with Crippen LogP contribution in [0.4, 0.5) is 5.69 Å². The van der Waals surface area contributed by atoms with Crippen LogP contribution in [0, 0.1) is 17.9 Å². The van der Waals surface area contributed by atoms with E-state index in [1.165, 1.54) is 29.5 Å². The molecule has 0 radical (unpaired) electrons. The summed E-state index contributed by atoms with van der Waals surface area (Å²) in [6.45, 7) is 10.6. The Kier molecular flexibility index (Phi) is 7.55. The summed E-state index contributed by atoms with van der Waals surface area (Å²) in [7, 11) is -1.73. The van der Waals surface area contributed by atoms with Gasteiger partial charge < -0.3 is 4.90 Å². The van der Waals surface area contributed by atoms with Crippen LogP contribution in [0.2, 0.25) is 0 Å². The van der Waals surface area contributed by atoms with Gasteiger partial charge in [0.1, 0.15) is 0 Å². The Hall–Kier alpha value is -3.91. The molecule has 7 heteroatoms. The first-order valence-electron chi connectivity index (χ1n) is 11.6. The molecular formula is C29H25N3O2S2. The van der Waals surface area contributed by atoms with Crippen molar-refractivity contribution < 1.29 is 8.42 Å². The van der Waals surface area contributed by atoms with Crippen molar-refractivity contribution in [2.24, 2.45) is 0 Å². The van der Waals surface area contributed by atoms with E-state index in [-0.39, 0.29) is 21.1 Å². The minimum atomic E-state index is -3.83. The van der Waals surface area contributed by atoms with Crippen molar-refractivity contribution in [1.82, 2.24) is 0 Å². The molecule has 36 heavy (non-hydrogen) atoms. The number of fused-ring (bicyclic) bond motifs is 1. The maximum absolute atomic E-state index is 13.3. The van der Waals surface area contributed by atoms with Gasteiger partial charge in [0.15, 0.2) is 0 Å². The molecule has 0 saturated heterocycles. The fourth-order valence-corrected chi connectivity index (χ4v) is 6.67. The highest BCUT2D eigenvalue weighted by Gasteiger charge is 2.37. The third kappa shape index (κ3) is 5.04. The number of allylic oxidation sites excluding steroid dienone is 2. The van der Waals surface area contributed by atoms with E-state index in [2.05, 4.69) is 48.0 Å². The van der Waals surface area contributed by atoms with Gasteiger partial charge in [-0.3, -0.25) is 0 Å². The fourth-order valence-electron chi connectivity index (χ4n) is 4.03. The molecule has 2 heterocycles. The molecule has 180 valence electrons. The van der Waals surface area contributed by atoms with Crippen LogP contribution < -0.4 is 4.90 Å². The summed E-state index contributed by atoms with van der Waals surface area (Å²) < 4.78 is 26.5. The molecule has 0 unspecified atom stereocenters. The first-order chi connectivity index (χ1) is 17.4. The summed E-state index contributed by atoms with van der Waals surface area (Å²) in [6, 6.07) is 20.5. The van der Waals surface area contributed by atoms with Crippen LogP contribution >= 0.6 is 11.3 Å². The molecule has 4 rings (SSSR count). The van der Waals surface area contributed by atoms with E-state index in [0.717, 1.165) is 28.3 Å². The molecule has 0 amide bonds. The summed E-state index contributed by atoms with van der Waals surface area (Å²) in [4.78, 5) is 7.37. The van der Waals surface area contributed by atoms with E-state index in [0.29, 0.717) is 5.56 Å². The van der Waals surface area contributed by atoms with Gasteiger partial charge in [-0.1, -0.05) is 49.8 Å². The lowest BCUT2D eigenvalue weighted by Gasteiger charge is -2.18. The third-order valence-corrected chi connectivity index (χ3v) is 8.81. The standard InChI is InChI=1S/C29H25N3O2S2/c1-4-5-18-32(3)22-13-10-21(11-14-22)12-15-23-16-17-24(35-23)19-28-29(26(20-30)31-2)25-8-6-7-9-27(25)36(28,33)34/h6-17,19H,4-5,18H2,1,3H3/b15-12+,28-19-,29-26+. The summed E-state index contributed by atoms with van der Waals surface area (Å²) in [5.74, 6) is 0. The molecule has 0 bridgehead atoms. The monoisotopic (exact) mass is 511 g/mol. The largest absolute Gasteiger partial charge is 0.375 e. The number of sulfone groups is 1. The lowest BCUT2D eigenvalue weighted by Crippen LogP contribution is -2.17. The first kappa shape index (κ1) is 25.2. The summed E-state index contributed by atoms with van der Waals surface area (Å²) in [5, 5.41) is 9.48. The number of hydrogen-bond donors (Lipinski definition) is 0. The van der Waals surface area contributed by atoms with E-state index in [1.807, 2.05) is 30.4 Å². The van der Waals surface area contributed by atoms with E-state index >= 15 is 0 Å². The predicted molar refractivity (Wildman–Crippen MR) is 149 cm³/mol. The molecule has 0 spiro atoms. The van der Waals surface area contributed by atoms with Crippen LogP contribution in [0.3, 0.4) is 0 Å². The van der Waals surface area contributed by atoms with Crippen molar-refractivity contribution in [3.05, 3.63) is 104 Å². The fraction of sp³-hybridized carbons (Fsp3) is 0.172. The second-order valence-corrected chi connectivity index (χ2v) is 11.4. The minimum Gasteiger partial charge on any atom is -0.375 e. The molecule has 0 N–H and O–H groups in total. The van der Waals surface area contributed by atoms with E-state index in [1.54, 1.807) is 24.3 Å². The van der Waals surface area contributed by atoms with Gasteiger partial charge in [0.2, 0.25) is 9.84 Å². The number of thiophene rings is 1. The molecule has 0 fully saturated rings. The van der Waals surface area contributed by atoms with Gasteiger partial charge in [0.05, 0.1) is 22.4 Å². The average molecular weight is 512 g/mol. The molecule has 1 aliphatic heterocycles. The van der Waals surface area contributed by atoms with Crippen molar-refractivity contribution in [2.45, 2.75) is 24.7 Å². The lowest BCUT2D eigenvalue weighted by atomic mass is 10.0. The molecule has 5 nitrogen and oxygen atoms in total. The van der Waals surface area contributed by atoms with E-state index < -0.39 is 9.84 Å². The number of hydrogen-bond acceptors (Lipinski definition) is 5. The molecule has 0 saturated carbocycles. The summed E-state index contributed by atoms with van der Waals surface area (Å²) in [5.41, 5.74) is 2.61. The van der Waals surface area contributed by atoms with Crippen molar-refractivity contribution in [3.8, 4) is 6.07 Å². The summed E-state index contributed by atoms with van der Waals surface area (Å²) in [6.07, 6.45) is 7.92. The number of anilines is 1. The molecule has 1 aromatic heterocycles. The van der Waals surface area contributed by atoms with E-state index in [4.69, 9.17) is 6.57 Å². The molecular weight excluding hydrogens is 486 g/mol. The number of unbranched alkanes of at least 4 members (excludes halogenated alkanes) is 1. The Labute approximate surface area is 216 Å². The highest BCUT2D eigenvalue weighted by atomic mass is 32.2. The third-order valence-electron chi connectivity index (χ3n) is 5.98. The van der Waals surface area contributed by atoms with Crippen LogP contribution in [0.25, 0.3) is 28.6 Å². The SMILES string of the molecule is [C-]#[N+]/C(C#N)=C1/C(=C/c2ccc(/C=C/c3ccc(N(C)CCCC)cc3)s2)S(=O)(=O)c2ccccc21. The summed E-state index contributed by atoms with van der Waals surface area (Å²) >= 11 is 1.45. The van der Waals surface area contributed by atoms with Crippen LogP contribution in [0.15, 0.2) is 76.2 Å². The minimum absolute atomic E-state index is 0.00332. The van der Waals surface area contributed by atoms with Crippen LogP contribution in [0.5, 0.6) is 0 Å². The maximum atomic E-state index is 13.3. The highest BCUT2D eigenvalue weighted by Crippen LogP contribution is 2.45. The van der Waals surface area contributed by atoms with Gasteiger partial charge in [-0.05, 0) is 60.0 Å². The van der Waals surface area contributed by atoms with Gasteiger partial charge in [0, 0.05) is 34.6 Å². The Morgan fingerprint density at radius 1 is 1.08 bits per heavy atom. The number of benzene rings is 2. The van der Waals surface area contributed by atoms with Gasteiger partial charge in [-0.2, -0.15) is 0 Å². The van der Waals surface area contributed by atoms with Crippen LogP contribution in [-0.4, -0.2) is 22.0 Å². The van der Waals surface area contributed by atoms with Crippen molar-refractivity contribution in [2.75, 3.05) is 18.5 Å². The van der Waals surface area contributed by atoms with Crippen LogP contribution in [0.1, 0.15) is 40.6 Å². The first-order valence-corrected chi connectivity index (χ1v) is 13.9. The van der Waals surface area contributed by atoms with Crippen molar-refractivity contribution in [3.63, 3.8) is 0 Å². The second kappa shape index (κ2) is 10.8. The molecule has 0 atom stereocenters. The zero-order chi connectivity index (χ0) is 25.7. The highest BCUT2D eigenvalue weighted by molar-refractivity contribution is 7.96.